The Bertz CT molecular complexity index is 1650. The Balaban J connectivity index is 0.00000240. The Kier molecular flexibility index (Phi) is 5.54. The monoisotopic (exact) mass is 521 g/mol. The number of methoxy groups -OCH3 is 1. The minimum atomic E-state index is 0. The molecular weight excluding hydrogens is 501 g/mol. The van der Waals surface area contributed by atoms with E-state index in [0.717, 1.165) is 57.8 Å². The molecule has 7 nitrogen and oxygen atoms in total. The van der Waals surface area contributed by atoms with Gasteiger partial charge < -0.3 is 36.3 Å². The van der Waals surface area contributed by atoms with E-state index in [1.807, 2.05) is 24.3 Å². The summed E-state index contributed by atoms with van der Waals surface area (Å²) in [4.78, 5) is 7.91. The number of aryl methyl sites for hydroxylation is 2. The molecule has 0 amide bonds. The van der Waals surface area contributed by atoms with Crippen LogP contribution in [0.2, 0.25) is 5.02 Å². The number of fused-ring (bicyclic) bond motifs is 6. The fraction of sp³-hybridized carbons (Fsp3) is 0.185. The molecule has 2 aliphatic rings. The maximum atomic E-state index is 6.31. The van der Waals surface area contributed by atoms with Crippen molar-refractivity contribution in [2.75, 3.05) is 13.9 Å². The zero-order chi connectivity index (χ0) is 23.5. The first-order chi connectivity index (χ1) is 17.2. The van der Waals surface area contributed by atoms with Crippen molar-refractivity contribution in [3.05, 3.63) is 71.1 Å². The molecule has 0 saturated heterocycles. The van der Waals surface area contributed by atoms with Crippen LogP contribution in [0.5, 0.6) is 23.0 Å². The molecule has 0 aliphatic carbocycles. The van der Waals surface area contributed by atoms with E-state index in [9.17, 15) is 0 Å². The van der Waals surface area contributed by atoms with Crippen LogP contribution < -0.4 is 35.9 Å². The number of nitrogens with one attached hydrogen (secondary N) is 1. The third-order valence-corrected chi connectivity index (χ3v) is 6.88. The van der Waals surface area contributed by atoms with Gasteiger partial charge in [-0.05, 0) is 53.4 Å². The average Bonchev–Trinajstić information content (AvgIpc) is 3.50. The first-order valence-corrected chi connectivity index (χ1v) is 11.8. The zero-order valence-electron chi connectivity index (χ0n) is 19.3. The van der Waals surface area contributed by atoms with Crippen molar-refractivity contribution in [2.45, 2.75) is 19.6 Å². The van der Waals surface area contributed by atoms with Crippen LogP contribution in [0.1, 0.15) is 11.4 Å². The number of halogens is 2. The lowest BCUT2D eigenvalue weighted by Gasteiger charge is -2.17. The molecule has 4 heterocycles. The molecule has 0 fully saturated rings. The van der Waals surface area contributed by atoms with Gasteiger partial charge in [-0.1, -0.05) is 11.6 Å². The number of nitrogens with zero attached hydrogens (tertiary/aromatic N) is 2. The minimum Gasteiger partial charge on any atom is -1.00 e. The maximum Gasteiger partial charge on any atom is 0.231 e. The van der Waals surface area contributed by atoms with Crippen molar-refractivity contribution in [2.24, 2.45) is 0 Å². The van der Waals surface area contributed by atoms with Crippen LogP contribution in [0.4, 0.5) is 0 Å². The van der Waals surface area contributed by atoms with Crippen molar-refractivity contribution < 1.29 is 35.9 Å². The molecule has 5 aromatic rings. The van der Waals surface area contributed by atoms with Crippen LogP contribution in [-0.2, 0) is 19.6 Å². The molecule has 3 aromatic carbocycles. The molecule has 0 bridgehead atoms. The smallest absolute Gasteiger partial charge is 0.231 e. The van der Waals surface area contributed by atoms with Gasteiger partial charge in [0.15, 0.2) is 35.7 Å². The summed E-state index contributed by atoms with van der Waals surface area (Å²) >= 11 is 6.11. The summed E-state index contributed by atoms with van der Waals surface area (Å²) in [5.41, 5.74) is 5.31. The SMILES string of the molecule is COc1ccc2cc3[n+](cc2c1OCc1nc2ccc(Cl)cc2[nH]1)CCc1cc2c(cc1-3)OCO2.[Cl-]. The van der Waals surface area contributed by atoms with Gasteiger partial charge in [-0.25, -0.2) is 4.98 Å². The van der Waals surface area contributed by atoms with E-state index in [-0.39, 0.29) is 25.8 Å². The molecule has 9 heteroatoms. The lowest BCUT2D eigenvalue weighted by molar-refractivity contribution is -0.686. The standard InChI is InChI=1S/C27H21ClN3O4.ClH/c1-32-23-5-2-15-8-22-18-11-25-24(34-14-35-25)9-16(18)6-7-31(22)12-19(15)27(23)33-13-26-29-20-4-3-17(28)10-21(20)30-26;/h2-5,8-12H,6-7,13-14H2,1H3,(H,29,30);1H/q+1;/p-1. The minimum absolute atomic E-state index is 0. The molecule has 2 aliphatic heterocycles. The number of imidazole rings is 1. The predicted octanol–water partition coefficient (Wildman–Crippen LogP) is 2.20. The van der Waals surface area contributed by atoms with E-state index in [4.69, 9.17) is 30.5 Å². The lowest BCUT2D eigenvalue weighted by atomic mass is 9.95. The van der Waals surface area contributed by atoms with Gasteiger partial charge in [0.25, 0.3) is 0 Å². The number of H-pyrrole nitrogens is 1. The number of rotatable bonds is 4. The number of benzene rings is 3. The van der Waals surface area contributed by atoms with Crippen molar-refractivity contribution in [3.8, 4) is 34.3 Å². The van der Waals surface area contributed by atoms with Crippen LogP contribution in [-0.4, -0.2) is 23.9 Å². The van der Waals surface area contributed by atoms with Crippen LogP contribution >= 0.6 is 11.6 Å². The highest BCUT2D eigenvalue weighted by molar-refractivity contribution is 6.31. The molecule has 0 unspecified atom stereocenters. The summed E-state index contributed by atoms with van der Waals surface area (Å²) in [5, 5.41) is 2.71. The average molecular weight is 522 g/mol. The molecule has 0 radical (unpaired) electrons. The van der Waals surface area contributed by atoms with Crippen molar-refractivity contribution in [1.82, 2.24) is 9.97 Å². The fourth-order valence-corrected chi connectivity index (χ4v) is 5.12. The Morgan fingerprint density at radius 2 is 1.94 bits per heavy atom. The maximum absolute atomic E-state index is 6.31. The quantitative estimate of drug-likeness (QED) is 0.367. The number of aromatic amines is 1. The molecule has 182 valence electrons. The topological polar surface area (TPSA) is 69.5 Å². The summed E-state index contributed by atoms with van der Waals surface area (Å²) in [6.45, 7) is 1.41. The van der Waals surface area contributed by atoms with E-state index < -0.39 is 0 Å². The Labute approximate surface area is 217 Å². The summed E-state index contributed by atoms with van der Waals surface area (Å²) in [6, 6.07) is 16.0. The molecule has 0 atom stereocenters. The van der Waals surface area contributed by atoms with Gasteiger partial charge in [0.05, 0.1) is 29.1 Å². The number of hydrogen-bond donors (Lipinski definition) is 1. The van der Waals surface area contributed by atoms with Crippen LogP contribution in [0, 0.1) is 0 Å². The third-order valence-electron chi connectivity index (χ3n) is 6.64. The normalized spacial score (nSPS) is 13.3. The van der Waals surface area contributed by atoms with E-state index in [1.54, 1.807) is 7.11 Å². The van der Waals surface area contributed by atoms with E-state index >= 15 is 0 Å². The first kappa shape index (κ1) is 22.8. The Morgan fingerprint density at radius 1 is 1.08 bits per heavy atom. The van der Waals surface area contributed by atoms with Gasteiger partial charge in [0.2, 0.25) is 12.5 Å². The number of hydrogen-bond acceptors (Lipinski definition) is 5. The molecule has 0 spiro atoms. The molecule has 36 heavy (non-hydrogen) atoms. The second-order valence-corrected chi connectivity index (χ2v) is 9.13. The lowest BCUT2D eigenvalue weighted by Crippen LogP contribution is -3.00. The second kappa shape index (κ2) is 8.76. The zero-order valence-corrected chi connectivity index (χ0v) is 20.8. The van der Waals surface area contributed by atoms with Crippen LogP contribution in [0.25, 0.3) is 33.1 Å². The Hall–Kier alpha value is -3.68. The highest BCUT2D eigenvalue weighted by atomic mass is 35.5. The predicted molar refractivity (Wildman–Crippen MR) is 131 cm³/mol. The number of ether oxygens (including phenoxy) is 4. The molecule has 7 rings (SSSR count). The Morgan fingerprint density at radius 3 is 2.81 bits per heavy atom. The fourth-order valence-electron chi connectivity index (χ4n) is 4.95. The van der Waals surface area contributed by atoms with Gasteiger partial charge >= 0.3 is 0 Å². The van der Waals surface area contributed by atoms with Gasteiger partial charge in [0.1, 0.15) is 12.4 Å². The van der Waals surface area contributed by atoms with Crippen molar-refractivity contribution in [1.29, 1.82) is 0 Å². The summed E-state index contributed by atoms with van der Waals surface area (Å²) < 4.78 is 25.4. The molecule has 2 aromatic heterocycles. The number of pyridine rings is 1. The highest BCUT2D eigenvalue weighted by Gasteiger charge is 2.28. The second-order valence-electron chi connectivity index (χ2n) is 8.70. The van der Waals surface area contributed by atoms with Gasteiger partial charge in [-0.15, -0.1) is 0 Å². The molecule has 1 N–H and O–H groups in total. The van der Waals surface area contributed by atoms with E-state index in [1.165, 1.54) is 11.1 Å². The number of aromatic nitrogens is 3. The van der Waals surface area contributed by atoms with Gasteiger partial charge in [0, 0.05) is 17.5 Å². The molecule has 0 saturated carbocycles. The largest absolute Gasteiger partial charge is 1.00 e. The highest BCUT2D eigenvalue weighted by Crippen LogP contribution is 2.41. The van der Waals surface area contributed by atoms with Crippen molar-refractivity contribution in [3.63, 3.8) is 0 Å². The molecular formula is C27H21Cl2N3O4. The van der Waals surface area contributed by atoms with E-state index in [0.29, 0.717) is 16.5 Å². The van der Waals surface area contributed by atoms with E-state index in [2.05, 4.69) is 45.0 Å². The summed E-state index contributed by atoms with van der Waals surface area (Å²) in [7, 11) is 1.65. The summed E-state index contributed by atoms with van der Waals surface area (Å²) in [5.74, 6) is 3.71. The van der Waals surface area contributed by atoms with Crippen LogP contribution in [0.15, 0.2) is 54.7 Å². The van der Waals surface area contributed by atoms with Gasteiger partial charge in [-0.2, -0.15) is 4.57 Å². The van der Waals surface area contributed by atoms with Gasteiger partial charge in [-0.3, -0.25) is 0 Å². The first-order valence-electron chi connectivity index (χ1n) is 11.4. The van der Waals surface area contributed by atoms with Crippen molar-refractivity contribution >= 4 is 33.4 Å². The summed E-state index contributed by atoms with van der Waals surface area (Å²) in [6.07, 6.45) is 3.06. The third kappa shape index (κ3) is 3.67. The van der Waals surface area contributed by atoms with Crippen LogP contribution in [0.3, 0.4) is 0 Å².